The molecular weight excluding hydrogens is 252 g/mol. The Kier molecular flexibility index (Phi) is 5.43. The van der Waals surface area contributed by atoms with Gasteiger partial charge in [-0.15, -0.1) is 0 Å². The minimum atomic E-state index is 0.334. The van der Waals surface area contributed by atoms with Gasteiger partial charge >= 0.3 is 0 Å². The van der Waals surface area contributed by atoms with E-state index in [1.807, 2.05) is 11.3 Å². The number of nitrogens with one attached hydrogen (secondary N) is 1. The van der Waals surface area contributed by atoms with Gasteiger partial charge in [-0.05, 0) is 41.7 Å². The second kappa shape index (κ2) is 6.87. The maximum atomic E-state index is 3.84. The maximum Gasteiger partial charge on any atom is 0.0304 e. The van der Waals surface area contributed by atoms with Crippen molar-refractivity contribution in [3.8, 4) is 0 Å². The molecule has 3 heteroatoms. The van der Waals surface area contributed by atoms with E-state index in [1.54, 1.807) is 0 Å². The van der Waals surface area contributed by atoms with E-state index < -0.39 is 0 Å². The van der Waals surface area contributed by atoms with Crippen molar-refractivity contribution in [1.29, 1.82) is 0 Å². The van der Waals surface area contributed by atoms with E-state index in [0.29, 0.717) is 11.6 Å². The van der Waals surface area contributed by atoms with Gasteiger partial charge in [0.05, 0.1) is 0 Å². The summed E-state index contributed by atoms with van der Waals surface area (Å²) in [5.74, 6) is 0. The lowest BCUT2D eigenvalue weighted by molar-refractivity contribution is 0.0617. The first kappa shape index (κ1) is 15.0. The van der Waals surface area contributed by atoms with E-state index in [1.165, 1.54) is 37.8 Å². The zero-order valence-corrected chi connectivity index (χ0v) is 13.4. The Bertz CT molecular complexity index is 357. The highest BCUT2D eigenvalue weighted by Gasteiger charge is 2.36. The highest BCUT2D eigenvalue weighted by molar-refractivity contribution is 7.07. The topological polar surface area (TPSA) is 15.3 Å². The molecule has 0 bridgehead atoms. The van der Waals surface area contributed by atoms with Crippen molar-refractivity contribution in [1.82, 2.24) is 10.2 Å². The summed E-state index contributed by atoms with van der Waals surface area (Å²) in [4.78, 5) is 2.72. The zero-order chi connectivity index (χ0) is 13.7. The van der Waals surface area contributed by atoms with Crippen LogP contribution in [-0.2, 0) is 6.54 Å². The quantitative estimate of drug-likeness (QED) is 0.850. The molecule has 1 aliphatic heterocycles. The first-order chi connectivity index (χ1) is 9.23. The fraction of sp³-hybridized carbons (Fsp3) is 0.750. The molecule has 1 fully saturated rings. The number of piperazine rings is 1. The Labute approximate surface area is 122 Å². The van der Waals surface area contributed by atoms with Crippen LogP contribution in [0.15, 0.2) is 16.8 Å². The third-order valence-corrected chi connectivity index (χ3v) is 5.41. The Balaban J connectivity index is 2.08. The molecule has 1 unspecified atom stereocenters. The van der Waals surface area contributed by atoms with Gasteiger partial charge in [0.1, 0.15) is 0 Å². The monoisotopic (exact) mass is 280 g/mol. The SMILES string of the molecule is CCCC1CNC(CC)(CC)CN1Cc1ccsc1. The van der Waals surface area contributed by atoms with Crippen molar-refractivity contribution in [2.45, 2.75) is 64.6 Å². The normalized spacial score (nSPS) is 23.6. The Morgan fingerprint density at radius 3 is 2.74 bits per heavy atom. The van der Waals surface area contributed by atoms with Crippen LogP contribution in [0.3, 0.4) is 0 Å². The van der Waals surface area contributed by atoms with Gasteiger partial charge in [-0.2, -0.15) is 11.3 Å². The maximum absolute atomic E-state index is 3.84. The van der Waals surface area contributed by atoms with Gasteiger partial charge in [0, 0.05) is 31.2 Å². The fourth-order valence-electron chi connectivity index (χ4n) is 3.18. The molecule has 1 aromatic heterocycles. The Hall–Kier alpha value is -0.380. The molecule has 0 radical (unpaired) electrons. The van der Waals surface area contributed by atoms with Gasteiger partial charge in [-0.3, -0.25) is 4.90 Å². The summed E-state index contributed by atoms with van der Waals surface area (Å²) in [6.45, 7) is 10.4. The van der Waals surface area contributed by atoms with Crippen LogP contribution >= 0.6 is 11.3 Å². The van der Waals surface area contributed by atoms with Crippen LogP contribution in [0.1, 0.15) is 52.0 Å². The van der Waals surface area contributed by atoms with Crippen molar-refractivity contribution in [2.75, 3.05) is 13.1 Å². The Morgan fingerprint density at radius 2 is 2.16 bits per heavy atom. The van der Waals surface area contributed by atoms with Gasteiger partial charge in [0.15, 0.2) is 0 Å². The molecule has 1 atom stereocenters. The average Bonchev–Trinajstić information content (AvgIpc) is 2.94. The Morgan fingerprint density at radius 1 is 1.37 bits per heavy atom. The lowest BCUT2D eigenvalue weighted by Gasteiger charge is -2.47. The summed E-state index contributed by atoms with van der Waals surface area (Å²) in [5, 5.41) is 8.33. The van der Waals surface area contributed by atoms with Crippen LogP contribution in [0, 0.1) is 0 Å². The summed E-state index contributed by atoms with van der Waals surface area (Å²) in [6, 6.07) is 2.98. The number of nitrogens with zero attached hydrogens (tertiary/aromatic N) is 1. The van der Waals surface area contributed by atoms with Gasteiger partial charge in [-0.1, -0.05) is 27.2 Å². The lowest BCUT2D eigenvalue weighted by Crippen LogP contribution is -2.63. The van der Waals surface area contributed by atoms with E-state index in [0.717, 1.165) is 13.1 Å². The standard InChI is InChI=1S/C16H28N2S/c1-4-7-15-10-17-16(5-2,6-3)13-18(15)11-14-8-9-19-12-14/h8-9,12,15,17H,4-7,10-11,13H2,1-3H3. The van der Waals surface area contributed by atoms with Crippen LogP contribution in [-0.4, -0.2) is 29.6 Å². The molecule has 0 amide bonds. The fourth-order valence-corrected chi connectivity index (χ4v) is 3.84. The molecule has 0 spiro atoms. The number of hydrogen-bond donors (Lipinski definition) is 1. The molecule has 1 aliphatic rings. The third kappa shape index (κ3) is 3.59. The van der Waals surface area contributed by atoms with Gasteiger partial charge in [0.2, 0.25) is 0 Å². The predicted molar refractivity (Wildman–Crippen MR) is 84.7 cm³/mol. The molecule has 0 aliphatic carbocycles. The number of rotatable bonds is 6. The predicted octanol–water partition coefficient (Wildman–Crippen LogP) is 3.88. The highest BCUT2D eigenvalue weighted by Crippen LogP contribution is 2.26. The van der Waals surface area contributed by atoms with Crippen LogP contribution in [0.25, 0.3) is 0 Å². The molecule has 108 valence electrons. The van der Waals surface area contributed by atoms with E-state index in [2.05, 4.69) is 47.8 Å². The zero-order valence-electron chi connectivity index (χ0n) is 12.6. The molecule has 2 rings (SSSR count). The molecule has 1 aromatic rings. The second-order valence-corrected chi connectivity index (χ2v) is 6.63. The summed E-state index contributed by atoms with van der Waals surface area (Å²) < 4.78 is 0. The summed E-state index contributed by atoms with van der Waals surface area (Å²) in [5.41, 5.74) is 1.81. The molecule has 2 heterocycles. The van der Waals surface area contributed by atoms with Crippen molar-refractivity contribution in [3.05, 3.63) is 22.4 Å². The second-order valence-electron chi connectivity index (χ2n) is 5.85. The van der Waals surface area contributed by atoms with Gasteiger partial charge in [-0.25, -0.2) is 0 Å². The van der Waals surface area contributed by atoms with Gasteiger partial charge < -0.3 is 5.32 Å². The van der Waals surface area contributed by atoms with E-state index in [4.69, 9.17) is 0 Å². The molecule has 2 nitrogen and oxygen atoms in total. The minimum Gasteiger partial charge on any atom is -0.308 e. The first-order valence-corrected chi connectivity index (χ1v) is 8.67. The van der Waals surface area contributed by atoms with Crippen LogP contribution < -0.4 is 5.32 Å². The van der Waals surface area contributed by atoms with Gasteiger partial charge in [0.25, 0.3) is 0 Å². The molecule has 0 aromatic carbocycles. The van der Waals surface area contributed by atoms with Crippen molar-refractivity contribution in [2.24, 2.45) is 0 Å². The van der Waals surface area contributed by atoms with Crippen LogP contribution in [0.5, 0.6) is 0 Å². The van der Waals surface area contributed by atoms with Crippen molar-refractivity contribution in [3.63, 3.8) is 0 Å². The number of thiophene rings is 1. The number of hydrogen-bond acceptors (Lipinski definition) is 3. The third-order valence-electron chi connectivity index (χ3n) is 4.68. The molecule has 1 N–H and O–H groups in total. The molecule has 0 saturated carbocycles. The largest absolute Gasteiger partial charge is 0.308 e. The van der Waals surface area contributed by atoms with E-state index in [-0.39, 0.29) is 0 Å². The first-order valence-electron chi connectivity index (χ1n) is 7.73. The van der Waals surface area contributed by atoms with E-state index >= 15 is 0 Å². The smallest absolute Gasteiger partial charge is 0.0304 e. The highest BCUT2D eigenvalue weighted by atomic mass is 32.1. The minimum absolute atomic E-state index is 0.334. The molecule has 19 heavy (non-hydrogen) atoms. The lowest BCUT2D eigenvalue weighted by atomic mass is 9.87. The van der Waals surface area contributed by atoms with Crippen LogP contribution in [0.2, 0.25) is 0 Å². The summed E-state index contributed by atoms with van der Waals surface area (Å²) in [7, 11) is 0. The molecule has 1 saturated heterocycles. The average molecular weight is 280 g/mol. The molecular formula is C16H28N2S. The van der Waals surface area contributed by atoms with Crippen LogP contribution in [0.4, 0.5) is 0 Å². The summed E-state index contributed by atoms with van der Waals surface area (Å²) >= 11 is 1.81. The van der Waals surface area contributed by atoms with Crippen molar-refractivity contribution < 1.29 is 0 Å². The van der Waals surface area contributed by atoms with Crippen molar-refractivity contribution >= 4 is 11.3 Å². The van der Waals surface area contributed by atoms with E-state index in [9.17, 15) is 0 Å². The summed E-state index contributed by atoms with van der Waals surface area (Å²) in [6.07, 6.45) is 5.03.